The van der Waals surface area contributed by atoms with Crippen LogP contribution in [-0.2, 0) is 16.1 Å². The van der Waals surface area contributed by atoms with Gasteiger partial charge in [-0.2, -0.15) is 5.26 Å². The summed E-state index contributed by atoms with van der Waals surface area (Å²) in [5, 5.41) is 15.4. The molecule has 0 amide bonds. The maximum Gasteiger partial charge on any atom is 0.352 e. The number of esters is 1. The van der Waals surface area contributed by atoms with Gasteiger partial charge in [0.25, 0.3) is 0 Å². The average Bonchev–Trinajstić information content (AvgIpc) is 2.61. The van der Waals surface area contributed by atoms with Crippen molar-refractivity contribution >= 4 is 11.7 Å². The molecule has 0 aromatic heterocycles. The summed E-state index contributed by atoms with van der Waals surface area (Å²) in [5.74, 6) is -0.374. The molecule has 23 heavy (non-hydrogen) atoms. The number of nitrogens with zero attached hydrogens (tertiary/aromatic N) is 1. The lowest BCUT2D eigenvalue weighted by molar-refractivity contribution is -0.135. The van der Waals surface area contributed by atoms with Gasteiger partial charge in [-0.05, 0) is 17.7 Å². The third-order valence-electron chi connectivity index (χ3n) is 3.11. The highest BCUT2D eigenvalue weighted by Crippen LogP contribution is 2.12. The molecular formula is C18H17N3O2. The lowest BCUT2D eigenvalue weighted by atomic mass is 10.2. The SMILES string of the molecule is COC(=O)/C(C#N)=C(/NCc1ccccc1)Nc1ccccc1. The number of methoxy groups -OCH3 is 1. The van der Waals surface area contributed by atoms with Gasteiger partial charge >= 0.3 is 5.97 Å². The Hall–Kier alpha value is -3.26. The Morgan fingerprint density at radius 1 is 1.09 bits per heavy atom. The van der Waals surface area contributed by atoms with E-state index in [0.717, 1.165) is 11.3 Å². The summed E-state index contributed by atoms with van der Waals surface area (Å²) in [7, 11) is 1.25. The van der Waals surface area contributed by atoms with Crippen molar-refractivity contribution < 1.29 is 9.53 Å². The molecule has 0 atom stereocenters. The second-order valence-corrected chi connectivity index (χ2v) is 4.68. The lowest BCUT2D eigenvalue weighted by Gasteiger charge is -2.15. The van der Waals surface area contributed by atoms with Crippen LogP contribution in [0.2, 0.25) is 0 Å². The smallest absolute Gasteiger partial charge is 0.352 e. The average molecular weight is 307 g/mol. The van der Waals surface area contributed by atoms with Crippen molar-refractivity contribution in [3.8, 4) is 6.07 Å². The van der Waals surface area contributed by atoms with Crippen LogP contribution in [0.3, 0.4) is 0 Å². The van der Waals surface area contributed by atoms with Gasteiger partial charge in [0.05, 0.1) is 7.11 Å². The van der Waals surface area contributed by atoms with Crippen LogP contribution in [0.15, 0.2) is 72.1 Å². The van der Waals surface area contributed by atoms with Crippen LogP contribution < -0.4 is 10.6 Å². The van der Waals surface area contributed by atoms with Crippen LogP contribution in [0.4, 0.5) is 5.69 Å². The molecule has 0 spiro atoms. The Balaban J connectivity index is 2.25. The number of hydrogen-bond donors (Lipinski definition) is 2. The minimum Gasteiger partial charge on any atom is -0.465 e. The highest BCUT2D eigenvalue weighted by atomic mass is 16.5. The maximum absolute atomic E-state index is 11.8. The first-order valence-electron chi connectivity index (χ1n) is 7.07. The molecule has 2 aromatic carbocycles. The predicted octanol–water partition coefficient (Wildman–Crippen LogP) is 2.80. The Morgan fingerprint density at radius 3 is 2.26 bits per heavy atom. The van der Waals surface area contributed by atoms with Crippen molar-refractivity contribution in [1.82, 2.24) is 5.32 Å². The number of nitrogens with one attached hydrogen (secondary N) is 2. The van der Waals surface area contributed by atoms with Gasteiger partial charge in [-0.1, -0.05) is 48.5 Å². The Bertz CT molecular complexity index is 719. The topological polar surface area (TPSA) is 74.2 Å². The molecule has 0 saturated heterocycles. The Morgan fingerprint density at radius 2 is 1.70 bits per heavy atom. The summed E-state index contributed by atoms with van der Waals surface area (Å²) in [4.78, 5) is 11.8. The minimum absolute atomic E-state index is 0.104. The number of anilines is 1. The van der Waals surface area contributed by atoms with E-state index in [0.29, 0.717) is 12.4 Å². The molecule has 2 rings (SSSR count). The van der Waals surface area contributed by atoms with Gasteiger partial charge in [-0.15, -0.1) is 0 Å². The summed E-state index contributed by atoms with van der Waals surface area (Å²) in [5.41, 5.74) is 1.69. The Labute approximate surface area is 135 Å². The zero-order valence-corrected chi connectivity index (χ0v) is 12.7. The standard InChI is InChI=1S/C18H17N3O2/c1-23-18(22)16(12-19)17(21-15-10-6-3-7-11-15)20-13-14-8-4-2-5-9-14/h2-11,20-21H,13H2,1H3/b17-16-. The first-order chi connectivity index (χ1) is 11.2. The highest BCUT2D eigenvalue weighted by molar-refractivity contribution is 5.94. The van der Waals surface area contributed by atoms with Crippen molar-refractivity contribution in [2.75, 3.05) is 12.4 Å². The molecule has 0 aliphatic heterocycles. The molecule has 0 fully saturated rings. The minimum atomic E-state index is -0.688. The van der Waals surface area contributed by atoms with Crippen molar-refractivity contribution in [3.63, 3.8) is 0 Å². The molecule has 116 valence electrons. The number of para-hydroxylation sites is 1. The number of carbonyl (C=O) groups is 1. The second-order valence-electron chi connectivity index (χ2n) is 4.68. The van der Waals surface area contributed by atoms with E-state index in [1.807, 2.05) is 66.7 Å². The van der Waals surface area contributed by atoms with Crippen molar-refractivity contribution in [3.05, 3.63) is 77.6 Å². The molecule has 0 unspecified atom stereocenters. The quantitative estimate of drug-likeness (QED) is 0.488. The number of nitriles is 1. The molecule has 0 bridgehead atoms. The van der Waals surface area contributed by atoms with E-state index >= 15 is 0 Å². The third-order valence-corrected chi connectivity index (χ3v) is 3.11. The van der Waals surface area contributed by atoms with E-state index in [2.05, 4.69) is 15.4 Å². The maximum atomic E-state index is 11.8. The van der Waals surface area contributed by atoms with Crippen molar-refractivity contribution in [1.29, 1.82) is 5.26 Å². The van der Waals surface area contributed by atoms with Crippen LogP contribution in [0, 0.1) is 11.3 Å². The summed E-state index contributed by atoms with van der Waals surface area (Å²) in [6.45, 7) is 0.470. The molecule has 0 heterocycles. The number of hydrogen-bond acceptors (Lipinski definition) is 5. The third kappa shape index (κ3) is 4.61. The molecule has 5 heteroatoms. The number of benzene rings is 2. The molecule has 2 N–H and O–H groups in total. The van der Waals surface area contributed by atoms with Crippen molar-refractivity contribution in [2.24, 2.45) is 0 Å². The monoisotopic (exact) mass is 307 g/mol. The van der Waals surface area contributed by atoms with Crippen LogP contribution >= 0.6 is 0 Å². The van der Waals surface area contributed by atoms with E-state index in [-0.39, 0.29) is 5.57 Å². The molecular weight excluding hydrogens is 290 g/mol. The predicted molar refractivity (Wildman–Crippen MR) is 88.0 cm³/mol. The normalized spacial score (nSPS) is 11.0. The van der Waals surface area contributed by atoms with Gasteiger partial charge in [0.15, 0.2) is 5.57 Å². The molecule has 2 aromatic rings. The second kappa shape index (κ2) is 8.25. The zero-order valence-electron chi connectivity index (χ0n) is 12.7. The van der Waals surface area contributed by atoms with Gasteiger partial charge in [0, 0.05) is 12.2 Å². The molecule has 5 nitrogen and oxygen atoms in total. The van der Waals surface area contributed by atoms with E-state index in [4.69, 9.17) is 0 Å². The van der Waals surface area contributed by atoms with Gasteiger partial charge in [-0.3, -0.25) is 0 Å². The lowest BCUT2D eigenvalue weighted by Crippen LogP contribution is -2.24. The number of ether oxygens (including phenoxy) is 1. The van der Waals surface area contributed by atoms with Crippen LogP contribution in [0.25, 0.3) is 0 Å². The van der Waals surface area contributed by atoms with Crippen molar-refractivity contribution in [2.45, 2.75) is 6.54 Å². The molecule has 0 aliphatic rings. The summed E-state index contributed by atoms with van der Waals surface area (Å²) >= 11 is 0. The van der Waals surface area contributed by atoms with E-state index in [1.165, 1.54) is 7.11 Å². The summed E-state index contributed by atoms with van der Waals surface area (Å²) < 4.78 is 4.67. The zero-order chi connectivity index (χ0) is 16.5. The first kappa shape index (κ1) is 16.1. The number of rotatable bonds is 6. The van der Waals surface area contributed by atoms with Gasteiger partial charge in [0.2, 0.25) is 0 Å². The summed E-state index contributed by atoms with van der Waals surface area (Å²) in [6.07, 6.45) is 0. The Kier molecular flexibility index (Phi) is 5.78. The van der Waals surface area contributed by atoms with Crippen LogP contribution in [0.1, 0.15) is 5.56 Å². The van der Waals surface area contributed by atoms with E-state index < -0.39 is 5.97 Å². The largest absolute Gasteiger partial charge is 0.465 e. The van der Waals surface area contributed by atoms with Gasteiger partial charge in [-0.25, -0.2) is 4.79 Å². The number of carbonyl (C=O) groups excluding carboxylic acids is 1. The fourth-order valence-electron chi connectivity index (χ4n) is 1.95. The molecule has 0 saturated carbocycles. The molecule has 0 aliphatic carbocycles. The first-order valence-corrected chi connectivity index (χ1v) is 7.07. The van der Waals surface area contributed by atoms with Gasteiger partial charge < -0.3 is 15.4 Å². The fourth-order valence-corrected chi connectivity index (χ4v) is 1.95. The molecule has 0 radical (unpaired) electrons. The summed E-state index contributed by atoms with van der Waals surface area (Å²) in [6, 6.07) is 20.9. The van der Waals surface area contributed by atoms with Crippen LogP contribution in [0.5, 0.6) is 0 Å². The van der Waals surface area contributed by atoms with E-state index in [1.54, 1.807) is 0 Å². The van der Waals surface area contributed by atoms with Crippen LogP contribution in [-0.4, -0.2) is 13.1 Å². The fraction of sp³-hybridized carbons (Fsp3) is 0.111. The highest BCUT2D eigenvalue weighted by Gasteiger charge is 2.16. The van der Waals surface area contributed by atoms with Gasteiger partial charge in [0.1, 0.15) is 11.9 Å². The van der Waals surface area contributed by atoms with E-state index in [9.17, 15) is 10.1 Å².